The maximum absolute atomic E-state index is 11.7. The molecule has 0 atom stereocenters. The molecule has 0 aliphatic carbocycles. The van der Waals surface area contributed by atoms with Crippen LogP contribution in [-0.2, 0) is 6.54 Å². The lowest BCUT2D eigenvalue weighted by atomic mass is 10.0. The van der Waals surface area contributed by atoms with E-state index in [0.717, 1.165) is 16.6 Å². The second-order valence-electron chi connectivity index (χ2n) is 5.57. The molecule has 0 spiro atoms. The van der Waals surface area contributed by atoms with Crippen molar-refractivity contribution >= 4 is 34.2 Å². The molecule has 5 nitrogen and oxygen atoms in total. The van der Waals surface area contributed by atoms with E-state index in [1.165, 1.54) is 6.20 Å². The average Bonchev–Trinajstić information content (AvgIpc) is 2.58. The van der Waals surface area contributed by atoms with Crippen molar-refractivity contribution in [2.45, 2.75) is 13.5 Å². The lowest BCUT2D eigenvalue weighted by Crippen LogP contribution is -2.21. The third-order valence-corrected chi connectivity index (χ3v) is 4.34. The van der Waals surface area contributed by atoms with Gasteiger partial charge in [0.25, 0.3) is 0 Å². The summed E-state index contributed by atoms with van der Waals surface area (Å²) in [5, 5.41) is 10.9. The van der Waals surface area contributed by atoms with Gasteiger partial charge in [0, 0.05) is 29.9 Å². The molecule has 1 aromatic carbocycles. The Balaban J connectivity index is 2.18. The van der Waals surface area contributed by atoms with Crippen molar-refractivity contribution in [3.05, 3.63) is 64.6 Å². The van der Waals surface area contributed by atoms with E-state index < -0.39 is 5.97 Å². The van der Waals surface area contributed by atoms with E-state index in [1.807, 2.05) is 43.1 Å². The van der Waals surface area contributed by atoms with Crippen molar-refractivity contribution in [1.29, 1.82) is 0 Å². The van der Waals surface area contributed by atoms with Crippen LogP contribution in [-0.4, -0.2) is 28.1 Å². The van der Waals surface area contributed by atoms with Crippen LogP contribution in [0.1, 0.15) is 21.6 Å². The van der Waals surface area contributed by atoms with Crippen LogP contribution in [0.3, 0.4) is 0 Å². The minimum atomic E-state index is -1.01. The van der Waals surface area contributed by atoms with E-state index in [4.69, 9.17) is 11.6 Å². The van der Waals surface area contributed by atoms with Crippen LogP contribution in [0, 0.1) is 6.92 Å². The molecule has 0 bridgehead atoms. The number of aromatic carboxylic acids is 1. The summed E-state index contributed by atoms with van der Waals surface area (Å²) in [6.07, 6.45) is 3.11. The first-order valence-electron chi connectivity index (χ1n) is 7.41. The number of aryl methyl sites for hydroxylation is 1. The molecule has 0 saturated carbocycles. The van der Waals surface area contributed by atoms with E-state index in [1.54, 1.807) is 12.3 Å². The molecule has 0 saturated heterocycles. The third-order valence-electron chi connectivity index (χ3n) is 3.94. The predicted octanol–water partition coefficient (Wildman–Crippen LogP) is 3.93. The van der Waals surface area contributed by atoms with Crippen molar-refractivity contribution in [3.8, 4) is 0 Å². The van der Waals surface area contributed by atoms with Gasteiger partial charge in [-0.2, -0.15) is 0 Å². The molecule has 122 valence electrons. The summed E-state index contributed by atoms with van der Waals surface area (Å²) in [6, 6.07) is 9.24. The Bertz CT molecular complexity index is 913. The fourth-order valence-electron chi connectivity index (χ4n) is 2.75. The van der Waals surface area contributed by atoms with Crippen LogP contribution >= 0.6 is 11.6 Å². The highest BCUT2D eigenvalue weighted by Crippen LogP contribution is 2.33. The Morgan fingerprint density at radius 2 is 2.04 bits per heavy atom. The van der Waals surface area contributed by atoms with Crippen molar-refractivity contribution in [1.82, 2.24) is 9.97 Å². The van der Waals surface area contributed by atoms with Crippen LogP contribution in [0.25, 0.3) is 10.9 Å². The van der Waals surface area contributed by atoms with Gasteiger partial charge in [-0.05, 0) is 36.8 Å². The second-order valence-corrected chi connectivity index (χ2v) is 5.98. The summed E-state index contributed by atoms with van der Waals surface area (Å²) in [5.41, 5.74) is 3.15. The molecule has 0 unspecified atom stereocenters. The first-order valence-corrected chi connectivity index (χ1v) is 7.79. The van der Waals surface area contributed by atoms with Crippen LogP contribution < -0.4 is 4.90 Å². The van der Waals surface area contributed by atoms with E-state index in [2.05, 4.69) is 9.97 Å². The predicted molar refractivity (Wildman–Crippen MR) is 94.8 cm³/mol. The molecule has 3 rings (SSSR count). The smallest absolute Gasteiger partial charge is 0.339 e. The molecular weight excluding hydrogens is 326 g/mol. The number of halogens is 1. The monoisotopic (exact) mass is 341 g/mol. The minimum Gasteiger partial charge on any atom is -0.478 e. The first-order chi connectivity index (χ1) is 11.5. The Labute approximate surface area is 144 Å². The van der Waals surface area contributed by atoms with Crippen molar-refractivity contribution in [2.24, 2.45) is 0 Å². The summed E-state index contributed by atoms with van der Waals surface area (Å²) in [7, 11) is 1.85. The minimum absolute atomic E-state index is 0.155. The van der Waals surface area contributed by atoms with E-state index >= 15 is 0 Å². The first kappa shape index (κ1) is 16.2. The highest BCUT2D eigenvalue weighted by atomic mass is 35.5. The summed E-state index contributed by atoms with van der Waals surface area (Å²) < 4.78 is 0. The number of nitrogens with zero attached hydrogens (tertiary/aromatic N) is 3. The molecule has 3 aromatic rings. The molecule has 0 aliphatic rings. The number of pyridine rings is 2. The summed E-state index contributed by atoms with van der Waals surface area (Å²) in [6.45, 7) is 2.36. The van der Waals surface area contributed by atoms with Gasteiger partial charge in [0.15, 0.2) is 0 Å². The number of aromatic nitrogens is 2. The molecular formula is C18H16ClN3O2. The molecule has 0 amide bonds. The molecule has 0 fully saturated rings. The van der Waals surface area contributed by atoms with Gasteiger partial charge in [-0.3, -0.25) is 9.97 Å². The Hall–Kier alpha value is -2.66. The fraction of sp³-hybridized carbons (Fsp3) is 0.167. The summed E-state index contributed by atoms with van der Waals surface area (Å²) in [5.74, 6) is -1.01. The second kappa shape index (κ2) is 6.45. The largest absolute Gasteiger partial charge is 0.478 e. The fourth-order valence-corrected chi connectivity index (χ4v) is 2.90. The van der Waals surface area contributed by atoms with Gasteiger partial charge in [-0.15, -0.1) is 0 Å². The van der Waals surface area contributed by atoms with Gasteiger partial charge < -0.3 is 10.0 Å². The molecule has 24 heavy (non-hydrogen) atoms. The van der Waals surface area contributed by atoms with Gasteiger partial charge in [-0.1, -0.05) is 17.7 Å². The van der Waals surface area contributed by atoms with E-state index in [0.29, 0.717) is 22.8 Å². The normalized spacial score (nSPS) is 10.8. The standard InChI is InChI=1S/C18H16ClN3O2/c1-11-15(19)7-6-13-16(11)21-9-14(18(23)24)17(13)22(2)10-12-5-3-4-8-20-12/h3-9H,10H2,1-2H3,(H,23,24). The maximum atomic E-state index is 11.7. The summed E-state index contributed by atoms with van der Waals surface area (Å²) in [4.78, 5) is 22.2. The van der Waals surface area contributed by atoms with Gasteiger partial charge in [0.05, 0.1) is 23.4 Å². The SMILES string of the molecule is Cc1c(Cl)ccc2c(N(C)Cc3ccccn3)c(C(=O)O)cnc12. The van der Waals surface area contributed by atoms with Gasteiger partial charge in [0.2, 0.25) is 0 Å². The van der Waals surface area contributed by atoms with Gasteiger partial charge in [0.1, 0.15) is 5.56 Å². The zero-order valence-corrected chi connectivity index (χ0v) is 14.1. The molecule has 1 N–H and O–H groups in total. The number of carboxylic acid groups (broad SMARTS) is 1. The number of hydrogen-bond donors (Lipinski definition) is 1. The number of fused-ring (bicyclic) bond motifs is 1. The highest BCUT2D eigenvalue weighted by Gasteiger charge is 2.19. The zero-order valence-electron chi connectivity index (χ0n) is 13.3. The van der Waals surface area contributed by atoms with Crippen molar-refractivity contribution in [2.75, 3.05) is 11.9 Å². The zero-order chi connectivity index (χ0) is 17.3. The van der Waals surface area contributed by atoms with Crippen LogP contribution in [0.5, 0.6) is 0 Å². The number of hydrogen-bond acceptors (Lipinski definition) is 4. The van der Waals surface area contributed by atoms with Crippen molar-refractivity contribution < 1.29 is 9.90 Å². The molecule has 2 heterocycles. The van der Waals surface area contributed by atoms with E-state index in [9.17, 15) is 9.90 Å². The number of carbonyl (C=O) groups is 1. The third kappa shape index (κ3) is 2.90. The van der Waals surface area contributed by atoms with Crippen LogP contribution in [0.15, 0.2) is 42.7 Å². The highest BCUT2D eigenvalue weighted by molar-refractivity contribution is 6.32. The number of benzene rings is 1. The Kier molecular flexibility index (Phi) is 4.36. The van der Waals surface area contributed by atoms with Crippen molar-refractivity contribution in [3.63, 3.8) is 0 Å². The topological polar surface area (TPSA) is 66.3 Å². The molecule has 0 radical (unpaired) electrons. The molecule has 0 aliphatic heterocycles. The molecule has 2 aromatic heterocycles. The van der Waals surface area contributed by atoms with Crippen LogP contribution in [0.2, 0.25) is 5.02 Å². The number of anilines is 1. The Morgan fingerprint density at radius 3 is 2.71 bits per heavy atom. The molecule has 6 heteroatoms. The Morgan fingerprint density at radius 1 is 1.25 bits per heavy atom. The maximum Gasteiger partial charge on any atom is 0.339 e. The van der Waals surface area contributed by atoms with E-state index in [-0.39, 0.29) is 5.56 Å². The number of rotatable bonds is 4. The number of carboxylic acids is 1. The lowest BCUT2D eigenvalue weighted by molar-refractivity contribution is 0.0697. The van der Waals surface area contributed by atoms with Gasteiger partial charge in [-0.25, -0.2) is 4.79 Å². The lowest BCUT2D eigenvalue weighted by Gasteiger charge is -2.23. The van der Waals surface area contributed by atoms with Gasteiger partial charge >= 0.3 is 5.97 Å². The van der Waals surface area contributed by atoms with Crippen LogP contribution in [0.4, 0.5) is 5.69 Å². The quantitative estimate of drug-likeness (QED) is 0.779. The summed E-state index contributed by atoms with van der Waals surface area (Å²) >= 11 is 6.17. The average molecular weight is 342 g/mol.